The van der Waals surface area contributed by atoms with Crippen LogP contribution in [0.1, 0.15) is 46.5 Å². The van der Waals surface area contributed by atoms with Crippen molar-refractivity contribution < 1.29 is 18.3 Å². The first-order chi connectivity index (χ1) is 7.18. The normalized spacial score (nSPS) is 21.6. The van der Waals surface area contributed by atoms with Gasteiger partial charge in [0.15, 0.2) is 0 Å². The van der Waals surface area contributed by atoms with Crippen LogP contribution < -0.4 is 5.32 Å². The van der Waals surface area contributed by atoms with Gasteiger partial charge in [-0.1, -0.05) is 0 Å². The van der Waals surface area contributed by atoms with Crippen LogP contribution in [0.2, 0.25) is 0 Å². The van der Waals surface area contributed by atoms with Gasteiger partial charge in [0, 0.05) is 18.4 Å². The second-order valence-corrected chi connectivity index (χ2v) is 5.34. The fourth-order valence-corrected chi connectivity index (χ4v) is 1.62. The minimum absolute atomic E-state index is 0.194. The van der Waals surface area contributed by atoms with E-state index in [0.717, 1.165) is 0 Å². The van der Waals surface area contributed by atoms with Crippen molar-refractivity contribution in [1.82, 2.24) is 5.32 Å². The molecule has 0 bridgehead atoms. The molecule has 1 N–H and O–H groups in total. The molecule has 0 radical (unpaired) electrons. The predicted molar refractivity (Wildman–Crippen MR) is 56.6 cm³/mol. The third kappa shape index (κ3) is 4.77. The molecule has 0 heterocycles. The highest BCUT2D eigenvalue weighted by atomic mass is 19.3. The van der Waals surface area contributed by atoms with Crippen molar-refractivity contribution in [3.8, 4) is 0 Å². The number of ether oxygens (including phenoxy) is 1. The average Bonchev–Trinajstić information content (AvgIpc) is 2.05. The molecule has 1 rings (SSSR count). The molecule has 3 nitrogen and oxygen atoms in total. The lowest BCUT2D eigenvalue weighted by atomic mass is 9.94. The van der Waals surface area contributed by atoms with Gasteiger partial charge in [-0.05, 0) is 33.6 Å². The van der Waals surface area contributed by atoms with Crippen LogP contribution in [0.15, 0.2) is 0 Å². The summed E-state index contributed by atoms with van der Waals surface area (Å²) in [5.41, 5.74) is -0.365. The third-order valence-electron chi connectivity index (χ3n) is 2.41. The summed E-state index contributed by atoms with van der Waals surface area (Å²) in [5, 5.41) is 2.64. The van der Waals surface area contributed by atoms with Crippen molar-refractivity contribution in [1.29, 1.82) is 0 Å². The van der Waals surface area contributed by atoms with Gasteiger partial charge in [0.2, 0.25) is 5.92 Å². The smallest absolute Gasteiger partial charge is 0.407 e. The number of alkyl halides is 2. The molecule has 0 saturated heterocycles. The fourth-order valence-electron chi connectivity index (χ4n) is 1.62. The van der Waals surface area contributed by atoms with Gasteiger partial charge in [0.25, 0.3) is 0 Å². The number of halogens is 2. The van der Waals surface area contributed by atoms with Gasteiger partial charge in [-0.3, -0.25) is 0 Å². The summed E-state index contributed by atoms with van der Waals surface area (Å²) in [6.07, 6.45) is -0.805. The molecule has 0 aromatic carbocycles. The summed E-state index contributed by atoms with van der Waals surface area (Å²) in [7, 11) is 0. The van der Waals surface area contributed by atoms with Crippen molar-refractivity contribution in [2.24, 2.45) is 0 Å². The second kappa shape index (κ2) is 4.55. The Hall–Kier alpha value is -0.870. The van der Waals surface area contributed by atoms with E-state index in [1.807, 2.05) is 20.8 Å². The first-order valence-electron chi connectivity index (χ1n) is 5.55. The van der Waals surface area contributed by atoms with Gasteiger partial charge in [-0.2, -0.15) is 0 Å². The standard InChI is InChI=1S/C11H19F2NO2/c1-10(2,3)14-9(15)16-8-4-6-11(12,13)7-5-8/h8H,4-7H2,1-3H3,(H,14,15). The van der Waals surface area contributed by atoms with E-state index in [1.165, 1.54) is 0 Å². The molecule has 0 atom stereocenters. The van der Waals surface area contributed by atoms with Gasteiger partial charge in [-0.15, -0.1) is 0 Å². The van der Waals surface area contributed by atoms with Crippen LogP contribution in [0.4, 0.5) is 13.6 Å². The maximum absolute atomic E-state index is 12.8. The number of carbonyl (C=O) groups is 1. The summed E-state index contributed by atoms with van der Waals surface area (Å²) >= 11 is 0. The minimum atomic E-state index is -2.58. The van der Waals surface area contributed by atoms with E-state index < -0.39 is 12.0 Å². The molecular formula is C11H19F2NO2. The Morgan fingerprint density at radius 3 is 2.25 bits per heavy atom. The molecule has 1 aliphatic carbocycles. The average molecular weight is 235 g/mol. The maximum Gasteiger partial charge on any atom is 0.407 e. The summed E-state index contributed by atoms with van der Waals surface area (Å²) < 4.78 is 30.7. The Balaban J connectivity index is 2.32. The van der Waals surface area contributed by atoms with E-state index in [0.29, 0.717) is 0 Å². The van der Waals surface area contributed by atoms with Crippen LogP contribution in [0.25, 0.3) is 0 Å². The number of amides is 1. The number of alkyl carbamates (subject to hydrolysis) is 1. The van der Waals surface area contributed by atoms with Crippen LogP contribution in [0, 0.1) is 0 Å². The van der Waals surface area contributed by atoms with Crippen molar-refractivity contribution in [2.45, 2.75) is 64.0 Å². The molecule has 0 aliphatic heterocycles. The highest BCUT2D eigenvalue weighted by molar-refractivity contribution is 5.68. The van der Waals surface area contributed by atoms with Crippen molar-refractivity contribution >= 4 is 6.09 Å². The van der Waals surface area contributed by atoms with E-state index in [-0.39, 0.29) is 37.3 Å². The number of nitrogens with one attached hydrogen (secondary N) is 1. The van der Waals surface area contributed by atoms with E-state index >= 15 is 0 Å². The van der Waals surface area contributed by atoms with Gasteiger partial charge in [0.1, 0.15) is 6.10 Å². The Kier molecular flexibility index (Phi) is 3.76. The Bertz CT molecular complexity index is 251. The van der Waals surface area contributed by atoms with Gasteiger partial charge < -0.3 is 10.1 Å². The molecule has 1 aliphatic rings. The number of hydrogen-bond acceptors (Lipinski definition) is 2. The SMILES string of the molecule is CC(C)(C)NC(=O)OC1CCC(F)(F)CC1. The summed E-state index contributed by atoms with van der Waals surface area (Å²) in [6.45, 7) is 5.51. The van der Waals surface area contributed by atoms with Crippen LogP contribution in [0.5, 0.6) is 0 Å². The molecule has 16 heavy (non-hydrogen) atoms. The first kappa shape index (κ1) is 13.2. The van der Waals surface area contributed by atoms with Crippen LogP contribution >= 0.6 is 0 Å². The summed E-state index contributed by atoms with van der Waals surface area (Å²) in [6, 6.07) is 0. The Morgan fingerprint density at radius 1 is 1.31 bits per heavy atom. The molecule has 0 aromatic heterocycles. The Morgan fingerprint density at radius 2 is 1.81 bits per heavy atom. The van der Waals surface area contributed by atoms with E-state index in [2.05, 4.69) is 5.32 Å². The van der Waals surface area contributed by atoms with Gasteiger partial charge in [0.05, 0.1) is 0 Å². The summed E-state index contributed by atoms with van der Waals surface area (Å²) in [5.74, 6) is -2.58. The fraction of sp³-hybridized carbons (Fsp3) is 0.909. The molecule has 1 amide bonds. The maximum atomic E-state index is 12.8. The van der Waals surface area contributed by atoms with E-state index in [4.69, 9.17) is 4.74 Å². The lowest BCUT2D eigenvalue weighted by Gasteiger charge is -2.29. The molecule has 94 valence electrons. The van der Waals surface area contributed by atoms with Crippen LogP contribution in [0.3, 0.4) is 0 Å². The lowest BCUT2D eigenvalue weighted by Crippen LogP contribution is -2.43. The van der Waals surface area contributed by atoms with Crippen LogP contribution in [-0.4, -0.2) is 23.7 Å². The monoisotopic (exact) mass is 235 g/mol. The molecule has 0 unspecified atom stereocenters. The summed E-state index contributed by atoms with van der Waals surface area (Å²) in [4.78, 5) is 11.4. The van der Waals surface area contributed by atoms with Crippen molar-refractivity contribution in [3.05, 3.63) is 0 Å². The number of rotatable bonds is 1. The van der Waals surface area contributed by atoms with Crippen LogP contribution in [-0.2, 0) is 4.74 Å². The predicted octanol–water partition coefficient (Wildman–Crippen LogP) is 3.09. The molecule has 1 saturated carbocycles. The van der Waals surface area contributed by atoms with Crippen molar-refractivity contribution in [2.75, 3.05) is 0 Å². The van der Waals surface area contributed by atoms with Crippen molar-refractivity contribution in [3.63, 3.8) is 0 Å². The zero-order chi connectivity index (χ0) is 12.4. The van der Waals surface area contributed by atoms with E-state index in [1.54, 1.807) is 0 Å². The third-order valence-corrected chi connectivity index (χ3v) is 2.41. The molecule has 1 fully saturated rings. The zero-order valence-electron chi connectivity index (χ0n) is 9.98. The quantitative estimate of drug-likeness (QED) is 0.758. The lowest BCUT2D eigenvalue weighted by molar-refractivity contribution is -0.0659. The molecule has 0 spiro atoms. The molecular weight excluding hydrogens is 216 g/mol. The topological polar surface area (TPSA) is 38.3 Å². The van der Waals surface area contributed by atoms with E-state index in [9.17, 15) is 13.6 Å². The number of carbonyl (C=O) groups excluding carboxylic acids is 1. The highest BCUT2D eigenvalue weighted by Crippen LogP contribution is 2.34. The second-order valence-electron chi connectivity index (χ2n) is 5.34. The Labute approximate surface area is 94.5 Å². The minimum Gasteiger partial charge on any atom is -0.446 e. The highest BCUT2D eigenvalue weighted by Gasteiger charge is 2.36. The largest absolute Gasteiger partial charge is 0.446 e. The van der Waals surface area contributed by atoms with Gasteiger partial charge >= 0.3 is 6.09 Å². The zero-order valence-corrected chi connectivity index (χ0v) is 9.98. The first-order valence-corrected chi connectivity index (χ1v) is 5.55. The number of hydrogen-bond donors (Lipinski definition) is 1. The molecule has 0 aromatic rings. The van der Waals surface area contributed by atoms with Gasteiger partial charge in [-0.25, -0.2) is 13.6 Å². The molecule has 5 heteroatoms.